The van der Waals surface area contributed by atoms with Crippen LogP contribution < -0.4 is 5.32 Å². The van der Waals surface area contributed by atoms with Crippen LogP contribution in [-0.2, 0) is 0 Å². The molecule has 3 heteroatoms. The highest BCUT2D eigenvalue weighted by atomic mass is 19.1. The monoisotopic (exact) mass is 231 g/mol. The van der Waals surface area contributed by atoms with Crippen molar-refractivity contribution in [2.45, 2.75) is 0 Å². The summed E-state index contributed by atoms with van der Waals surface area (Å²) in [5.41, 5.74) is 0.487. The predicted octanol–water partition coefficient (Wildman–Crippen LogP) is 3.32. The highest BCUT2D eigenvalue weighted by Gasteiger charge is 2.07. The Hall–Kier alpha value is -1.87. The van der Waals surface area contributed by atoms with Gasteiger partial charge in [-0.3, -0.25) is 0 Å². The van der Waals surface area contributed by atoms with E-state index in [1.807, 2.05) is 25.3 Å². The molecule has 1 heterocycles. The zero-order chi connectivity index (χ0) is 12.1. The molecule has 17 heavy (non-hydrogen) atoms. The molecule has 0 bridgehead atoms. The van der Waals surface area contributed by atoms with E-state index in [9.17, 15) is 4.39 Å². The Labute approximate surface area is 99.8 Å². The Morgan fingerprint density at radius 3 is 2.82 bits per heavy atom. The van der Waals surface area contributed by atoms with Crippen molar-refractivity contribution in [3.63, 3.8) is 0 Å². The third-order valence-corrected chi connectivity index (χ3v) is 2.37. The Morgan fingerprint density at radius 1 is 1.24 bits per heavy atom. The van der Waals surface area contributed by atoms with Crippen LogP contribution in [0.1, 0.15) is 5.76 Å². The molecule has 2 nitrogen and oxygen atoms in total. The molecule has 1 aromatic carbocycles. The highest BCUT2D eigenvalue weighted by molar-refractivity contribution is 5.60. The molecule has 1 aromatic heterocycles. The second-order valence-electron chi connectivity index (χ2n) is 3.64. The zero-order valence-corrected chi connectivity index (χ0v) is 9.61. The van der Waals surface area contributed by atoms with Gasteiger partial charge < -0.3 is 9.73 Å². The molecule has 0 spiro atoms. The van der Waals surface area contributed by atoms with Gasteiger partial charge in [-0.05, 0) is 37.4 Å². The average molecular weight is 231 g/mol. The van der Waals surface area contributed by atoms with E-state index in [0.29, 0.717) is 11.3 Å². The summed E-state index contributed by atoms with van der Waals surface area (Å²) in [6.07, 6.45) is 3.81. The lowest BCUT2D eigenvalue weighted by atomic mass is 10.1. The van der Waals surface area contributed by atoms with Gasteiger partial charge in [0.2, 0.25) is 0 Å². The smallest absolute Gasteiger partial charge is 0.137 e. The molecule has 88 valence electrons. The summed E-state index contributed by atoms with van der Waals surface area (Å²) in [4.78, 5) is 0. The van der Waals surface area contributed by atoms with Crippen molar-refractivity contribution in [1.29, 1.82) is 0 Å². The number of hydrogen-bond donors (Lipinski definition) is 1. The zero-order valence-electron chi connectivity index (χ0n) is 9.61. The first-order chi connectivity index (χ1) is 8.31. The number of likely N-dealkylation sites (N-methyl/N-ethyl adjacent to an activating group) is 1. The second kappa shape index (κ2) is 5.46. The molecule has 0 aliphatic carbocycles. The van der Waals surface area contributed by atoms with Crippen LogP contribution in [0, 0.1) is 5.82 Å². The summed E-state index contributed by atoms with van der Waals surface area (Å²) < 4.78 is 19.0. The SMILES string of the molecule is CNCC=Cc1ccc(-c2ccccc2F)o1. The molecular weight excluding hydrogens is 217 g/mol. The van der Waals surface area contributed by atoms with Crippen molar-refractivity contribution < 1.29 is 8.81 Å². The Kier molecular flexibility index (Phi) is 3.73. The molecule has 0 unspecified atom stereocenters. The quantitative estimate of drug-likeness (QED) is 0.873. The summed E-state index contributed by atoms with van der Waals surface area (Å²) in [5, 5.41) is 3.00. The first-order valence-corrected chi connectivity index (χ1v) is 5.47. The van der Waals surface area contributed by atoms with E-state index in [1.54, 1.807) is 24.3 Å². The minimum Gasteiger partial charge on any atom is -0.457 e. The van der Waals surface area contributed by atoms with Crippen LogP contribution >= 0.6 is 0 Å². The van der Waals surface area contributed by atoms with Crippen molar-refractivity contribution in [1.82, 2.24) is 5.32 Å². The van der Waals surface area contributed by atoms with Gasteiger partial charge in [-0.2, -0.15) is 0 Å². The lowest BCUT2D eigenvalue weighted by Gasteiger charge is -1.97. The average Bonchev–Trinajstić information content (AvgIpc) is 2.79. The van der Waals surface area contributed by atoms with Gasteiger partial charge in [0.1, 0.15) is 17.3 Å². The van der Waals surface area contributed by atoms with E-state index < -0.39 is 0 Å². The first kappa shape index (κ1) is 11.6. The summed E-state index contributed by atoms with van der Waals surface area (Å²) >= 11 is 0. The van der Waals surface area contributed by atoms with E-state index in [1.165, 1.54) is 6.07 Å². The summed E-state index contributed by atoms with van der Waals surface area (Å²) in [7, 11) is 1.87. The highest BCUT2D eigenvalue weighted by Crippen LogP contribution is 2.25. The third kappa shape index (κ3) is 2.82. The van der Waals surface area contributed by atoms with Crippen molar-refractivity contribution in [2.24, 2.45) is 0 Å². The molecule has 0 radical (unpaired) electrons. The minimum absolute atomic E-state index is 0.271. The van der Waals surface area contributed by atoms with Crippen molar-refractivity contribution >= 4 is 6.08 Å². The molecule has 0 amide bonds. The van der Waals surface area contributed by atoms with Gasteiger partial charge in [-0.15, -0.1) is 0 Å². The van der Waals surface area contributed by atoms with Crippen LogP contribution in [0.5, 0.6) is 0 Å². The van der Waals surface area contributed by atoms with Gasteiger partial charge in [-0.1, -0.05) is 18.2 Å². The van der Waals surface area contributed by atoms with Crippen molar-refractivity contribution in [3.8, 4) is 11.3 Å². The standard InChI is InChI=1S/C14H14FNO/c1-16-10-4-5-11-8-9-14(17-11)12-6-2-3-7-13(12)15/h2-9,16H,10H2,1H3. The van der Waals surface area contributed by atoms with Crippen LogP contribution in [0.3, 0.4) is 0 Å². The van der Waals surface area contributed by atoms with Crippen LogP contribution in [0.15, 0.2) is 46.9 Å². The maximum Gasteiger partial charge on any atom is 0.137 e. The molecule has 0 saturated heterocycles. The van der Waals surface area contributed by atoms with Crippen LogP contribution in [0.25, 0.3) is 17.4 Å². The lowest BCUT2D eigenvalue weighted by molar-refractivity contribution is 0.561. The molecule has 0 aliphatic rings. The second-order valence-corrected chi connectivity index (χ2v) is 3.64. The predicted molar refractivity (Wildman–Crippen MR) is 67.1 cm³/mol. The molecule has 0 fully saturated rings. The van der Waals surface area contributed by atoms with Gasteiger partial charge in [0.25, 0.3) is 0 Å². The van der Waals surface area contributed by atoms with E-state index in [4.69, 9.17) is 4.42 Å². The number of benzene rings is 1. The van der Waals surface area contributed by atoms with Gasteiger partial charge in [0, 0.05) is 6.54 Å². The molecule has 2 rings (SSSR count). The summed E-state index contributed by atoms with van der Waals surface area (Å²) in [6, 6.07) is 10.2. The number of furan rings is 1. The van der Waals surface area contributed by atoms with Crippen LogP contribution in [0.2, 0.25) is 0 Å². The number of halogens is 1. The molecule has 1 N–H and O–H groups in total. The van der Waals surface area contributed by atoms with E-state index in [-0.39, 0.29) is 5.82 Å². The molecule has 2 aromatic rings. The lowest BCUT2D eigenvalue weighted by Crippen LogP contribution is -2.03. The number of hydrogen-bond acceptors (Lipinski definition) is 2. The fraction of sp³-hybridized carbons (Fsp3) is 0.143. The summed E-state index contributed by atoms with van der Waals surface area (Å²) in [6.45, 7) is 0.774. The molecule has 0 aliphatic heterocycles. The maximum absolute atomic E-state index is 13.5. The third-order valence-electron chi connectivity index (χ3n) is 2.37. The van der Waals surface area contributed by atoms with Gasteiger partial charge in [0.05, 0.1) is 5.56 Å². The van der Waals surface area contributed by atoms with E-state index in [0.717, 1.165) is 12.3 Å². The molecular formula is C14H14FNO. The summed E-state index contributed by atoms with van der Waals surface area (Å²) in [5.74, 6) is 0.998. The first-order valence-electron chi connectivity index (χ1n) is 5.47. The Bertz CT molecular complexity index is 516. The normalized spacial score (nSPS) is 11.2. The van der Waals surface area contributed by atoms with E-state index >= 15 is 0 Å². The Balaban J connectivity index is 2.21. The Morgan fingerprint density at radius 2 is 2.06 bits per heavy atom. The molecule has 0 saturated carbocycles. The molecule has 0 atom stereocenters. The minimum atomic E-state index is -0.271. The van der Waals surface area contributed by atoms with E-state index in [2.05, 4.69) is 5.32 Å². The fourth-order valence-electron chi connectivity index (χ4n) is 1.54. The van der Waals surface area contributed by atoms with Gasteiger partial charge in [-0.25, -0.2) is 4.39 Å². The fourth-order valence-corrected chi connectivity index (χ4v) is 1.54. The largest absolute Gasteiger partial charge is 0.457 e. The van der Waals surface area contributed by atoms with Crippen LogP contribution in [-0.4, -0.2) is 13.6 Å². The maximum atomic E-state index is 13.5. The topological polar surface area (TPSA) is 25.2 Å². The van der Waals surface area contributed by atoms with Crippen molar-refractivity contribution in [3.05, 3.63) is 54.1 Å². The van der Waals surface area contributed by atoms with Gasteiger partial charge in [0.15, 0.2) is 0 Å². The van der Waals surface area contributed by atoms with Crippen LogP contribution in [0.4, 0.5) is 4.39 Å². The van der Waals surface area contributed by atoms with Crippen molar-refractivity contribution in [2.75, 3.05) is 13.6 Å². The van der Waals surface area contributed by atoms with Gasteiger partial charge >= 0.3 is 0 Å². The number of rotatable bonds is 4. The number of nitrogens with one attached hydrogen (secondary N) is 1.